The zero-order chi connectivity index (χ0) is 14.9. The number of isocyanates is 1. The van der Waals surface area contributed by atoms with Gasteiger partial charge in [0.25, 0.3) is 0 Å². The van der Waals surface area contributed by atoms with Crippen molar-refractivity contribution in [2.24, 2.45) is 10.4 Å². The summed E-state index contributed by atoms with van der Waals surface area (Å²) in [6.07, 6.45) is 4.63. The van der Waals surface area contributed by atoms with Crippen molar-refractivity contribution in [2.75, 3.05) is 19.8 Å². The second-order valence-corrected chi connectivity index (χ2v) is 7.18. The topological polar surface area (TPSA) is 47.9 Å². The molecule has 1 heterocycles. The lowest BCUT2D eigenvalue weighted by atomic mass is 9.72. The van der Waals surface area contributed by atoms with Crippen LogP contribution < -0.4 is 4.74 Å². The van der Waals surface area contributed by atoms with Crippen LogP contribution in [0.3, 0.4) is 0 Å². The second-order valence-electron chi connectivity index (χ2n) is 6.33. The van der Waals surface area contributed by atoms with E-state index >= 15 is 0 Å². The summed E-state index contributed by atoms with van der Waals surface area (Å²) >= 11 is 3.56. The summed E-state index contributed by atoms with van der Waals surface area (Å²) < 4.78 is 12.0. The van der Waals surface area contributed by atoms with E-state index in [4.69, 9.17) is 9.47 Å². The highest BCUT2D eigenvalue weighted by molar-refractivity contribution is 9.10. The van der Waals surface area contributed by atoms with Gasteiger partial charge in [0.1, 0.15) is 5.75 Å². The van der Waals surface area contributed by atoms with Crippen molar-refractivity contribution >= 4 is 22.0 Å². The Morgan fingerprint density at radius 2 is 2.19 bits per heavy atom. The van der Waals surface area contributed by atoms with Gasteiger partial charge in [0.2, 0.25) is 6.08 Å². The minimum absolute atomic E-state index is 0.120. The van der Waals surface area contributed by atoms with E-state index in [9.17, 15) is 4.79 Å². The molecule has 112 valence electrons. The molecule has 5 heteroatoms. The van der Waals surface area contributed by atoms with Crippen molar-refractivity contribution in [3.05, 3.63) is 28.2 Å². The van der Waals surface area contributed by atoms with Crippen molar-refractivity contribution in [1.82, 2.24) is 0 Å². The first kappa shape index (κ1) is 14.8. The Kier molecular flexibility index (Phi) is 3.91. The van der Waals surface area contributed by atoms with E-state index in [-0.39, 0.29) is 11.0 Å². The van der Waals surface area contributed by atoms with Gasteiger partial charge in [0, 0.05) is 5.41 Å². The van der Waals surface area contributed by atoms with Gasteiger partial charge in [-0.25, -0.2) is 4.79 Å². The van der Waals surface area contributed by atoms with E-state index < -0.39 is 0 Å². The molecular weight excluding hydrogens is 334 g/mol. The molecule has 1 aliphatic heterocycles. The number of rotatable bonds is 5. The first-order chi connectivity index (χ1) is 10.1. The third-order valence-corrected chi connectivity index (χ3v) is 5.01. The number of halogens is 1. The van der Waals surface area contributed by atoms with Gasteiger partial charge in [-0.3, -0.25) is 0 Å². The predicted molar refractivity (Wildman–Crippen MR) is 82.2 cm³/mol. The molecule has 2 aliphatic rings. The van der Waals surface area contributed by atoms with Crippen LogP contribution in [0, 0.1) is 5.41 Å². The third kappa shape index (κ3) is 2.78. The van der Waals surface area contributed by atoms with Crippen LogP contribution in [0.5, 0.6) is 5.75 Å². The van der Waals surface area contributed by atoms with E-state index in [1.54, 1.807) is 6.08 Å². The summed E-state index contributed by atoms with van der Waals surface area (Å²) in [5.41, 5.74) is 0.806. The molecular formula is C16H18BrNO3. The van der Waals surface area contributed by atoms with E-state index in [0.717, 1.165) is 48.3 Å². The Labute approximate surface area is 132 Å². The number of carbonyl (C=O) groups excluding carboxylic acids is 1. The summed E-state index contributed by atoms with van der Waals surface area (Å²) in [4.78, 5) is 14.7. The van der Waals surface area contributed by atoms with Crippen molar-refractivity contribution in [3.8, 4) is 5.75 Å². The number of benzene rings is 1. The first-order valence-corrected chi connectivity index (χ1v) is 7.96. The van der Waals surface area contributed by atoms with Gasteiger partial charge >= 0.3 is 0 Å². The summed E-state index contributed by atoms with van der Waals surface area (Å²) in [6, 6.07) is 5.96. The van der Waals surface area contributed by atoms with Gasteiger partial charge in [-0.2, -0.15) is 4.99 Å². The molecule has 0 spiro atoms. The normalized spacial score (nSPS) is 21.6. The Balaban J connectivity index is 1.75. The maximum Gasteiger partial charge on any atom is 0.235 e. The van der Waals surface area contributed by atoms with Crippen LogP contribution in [0.2, 0.25) is 0 Å². The SMILES string of the molecule is CC1(COc2ccc(C3(N=C=O)CCC3)cc2Br)COC1. The molecule has 3 rings (SSSR count). The van der Waals surface area contributed by atoms with Crippen LogP contribution in [0.25, 0.3) is 0 Å². The highest BCUT2D eigenvalue weighted by atomic mass is 79.9. The maximum absolute atomic E-state index is 10.7. The highest BCUT2D eigenvalue weighted by Gasteiger charge is 2.39. The van der Waals surface area contributed by atoms with Crippen molar-refractivity contribution in [2.45, 2.75) is 31.7 Å². The van der Waals surface area contributed by atoms with Crippen LogP contribution in [0.4, 0.5) is 0 Å². The molecule has 0 amide bonds. The molecule has 4 nitrogen and oxygen atoms in total. The lowest BCUT2D eigenvalue weighted by molar-refractivity contribution is -0.120. The van der Waals surface area contributed by atoms with Gasteiger partial charge in [-0.1, -0.05) is 13.0 Å². The minimum atomic E-state index is -0.364. The largest absolute Gasteiger partial charge is 0.492 e. The number of nitrogens with zero attached hydrogens (tertiary/aromatic N) is 1. The van der Waals surface area contributed by atoms with Gasteiger partial charge < -0.3 is 9.47 Å². The number of hydrogen-bond donors (Lipinski definition) is 0. The fraction of sp³-hybridized carbons (Fsp3) is 0.562. The molecule has 21 heavy (non-hydrogen) atoms. The summed E-state index contributed by atoms with van der Waals surface area (Å²) in [6.45, 7) is 4.29. The van der Waals surface area contributed by atoms with E-state index in [1.165, 1.54) is 0 Å². The van der Waals surface area contributed by atoms with Gasteiger partial charge in [0.05, 0.1) is 29.8 Å². The fourth-order valence-corrected chi connectivity index (χ4v) is 3.25. The quantitative estimate of drug-likeness (QED) is 0.601. The van der Waals surface area contributed by atoms with Crippen LogP contribution in [0.15, 0.2) is 27.7 Å². The Hall–Kier alpha value is -1.16. The predicted octanol–water partition coefficient (Wildman–Crippen LogP) is 3.58. The Morgan fingerprint density at radius 1 is 1.43 bits per heavy atom. The van der Waals surface area contributed by atoms with Crippen molar-refractivity contribution in [1.29, 1.82) is 0 Å². The molecule has 0 radical (unpaired) electrons. The number of hydrogen-bond acceptors (Lipinski definition) is 4. The molecule has 1 aromatic rings. The third-order valence-electron chi connectivity index (χ3n) is 4.39. The van der Waals surface area contributed by atoms with E-state index in [2.05, 4.69) is 27.8 Å². The van der Waals surface area contributed by atoms with E-state index in [1.807, 2.05) is 18.2 Å². The number of aliphatic imine (C=N–C) groups is 1. The molecule has 1 saturated carbocycles. The van der Waals surface area contributed by atoms with Crippen molar-refractivity contribution in [3.63, 3.8) is 0 Å². The van der Waals surface area contributed by atoms with Crippen LogP contribution in [0.1, 0.15) is 31.7 Å². The minimum Gasteiger partial charge on any atom is -0.492 e. The molecule has 0 bridgehead atoms. The molecule has 0 aromatic heterocycles. The Bertz CT molecular complexity index is 587. The molecule has 2 fully saturated rings. The van der Waals surface area contributed by atoms with Crippen LogP contribution in [-0.2, 0) is 15.1 Å². The smallest absolute Gasteiger partial charge is 0.235 e. The second kappa shape index (κ2) is 5.56. The first-order valence-electron chi connectivity index (χ1n) is 7.17. The molecule has 0 atom stereocenters. The Morgan fingerprint density at radius 3 is 2.67 bits per heavy atom. The maximum atomic E-state index is 10.7. The lowest BCUT2D eigenvalue weighted by Gasteiger charge is -2.38. The highest BCUT2D eigenvalue weighted by Crippen LogP contribution is 2.46. The zero-order valence-corrected chi connectivity index (χ0v) is 13.6. The van der Waals surface area contributed by atoms with Crippen LogP contribution in [-0.4, -0.2) is 25.9 Å². The molecule has 0 N–H and O–H groups in total. The van der Waals surface area contributed by atoms with Crippen LogP contribution >= 0.6 is 15.9 Å². The van der Waals surface area contributed by atoms with Gasteiger partial charge in [-0.05, 0) is 52.9 Å². The lowest BCUT2D eigenvalue weighted by Crippen LogP contribution is -2.44. The molecule has 0 unspecified atom stereocenters. The summed E-state index contributed by atoms with van der Waals surface area (Å²) in [5, 5.41) is 0. The monoisotopic (exact) mass is 351 g/mol. The average Bonchev–Trinajstić information content (AvgIpc) is 2.39. The standard InChI is InChI=1S/C16H18BrNO3/c1-15(8-20-9-15)10-21-14-4-3-12(7-13(14)17)16(18-11-19)5-2-6-16/h3-4,7H,2,5-6,8-10H2,1H3. The molecule has 1 aliphatic carbocycles. The molecule has 1 saturated heterocycles. The number of ether oxygens (including phenoxy) is 2. The van der Waals surface area contributed by atoms with Gasteiger partial charge in [0.15, 0.2) is 0 Å². The molecule has 1 aromatic carbocycles. The summed E-state index contributed by atoms with van der Waals surface area (Å²) in [5.74, 6) is 0.816. The average molecular weight is 352 g/mol. The zero-order valence-electron chi connectivity index (χ0n) is 12.0. The summed E-state index contributed by atoms with van der Waals surface area (Å²) in [7, 11) is 0. The fourth-order valence-electron chi connectivity index (χ4n) is 2.76. The van der Waals surface area contributed by atoms with Gasteiger partial charge in [-0.15, -0.1) is 0 Å². The van der Waals surface area contributed by atoms with E-state index in [0.29, 0.717) is 6.61 Å². The van der Waals surface area contributed by atoms with Crippen molar-refractivity contribution < 1.29 is 14.3 Å².